The zero-order valence-electron chi connectivity index (χ0n) is 11.6. The summed E-state index contributed by atoms with van der Waals surface area (Å²) in [6.45, 7) is 6.82. The van der Waals surface area contributed by atoms with Crippen molar-refractivity contribution in [1.29, 1.82) is 0 Å². The van der Waals surface area contributed by atoms with Crippen molar-refractivity contribution in [3.05, 3.63) is 17.0 Å². The minimum absolute atomic E-state index is 0.0702. The van der Waals surface area contributed by atoms with Crippen LogP contribution in [0.2, 0.25) is 0 Å². The lowest BCUT2D eigenvalue weighted by molar-refractivity contribution is -0.117. The van der Waals surface area contributed by atoms with Crippen molar-refractivity contribution in [3.8, 4) is 0 Å². The second-order valence-electron chi connectivity index (χ2n) is 6.03. The van der Waals surface area contributed by atoms with Crippen molar-refractivity contribution in [3.63, 3.8) is 0 Å². The normalized spacial score (nSPS) is 20.1. The Balaban J connectivity index is 2.31. The van der Waals surface area contributed by atoms with Crippen LogP contribution in [-0.2, 0) is 4.79 Å². The first-order chi connectivity index (χ1) is 8.84. The quantitative estimate of drug-likeness (QED) is 0.864. The molecule has 19 heavy (non-hydrogen) atoms. The molecule has 0 aromatic carbocycles. The lowest BCUT2D eigenvalue weighted by Crippen LogP contribution is -2.28. The first-order valence-electron chi connectivity index (χ1n) is 6.47. The summed E-state index contributed by atoms with van der Waals surface area (Å²) in [5.41, 5.74) is 5.85. The molecule has 1 saturated heterocycles. The SMILES string of the molecule is CC(C)(C)C(=O)c1ccsc1N1CC(CN)CC1=O. The number of rotatable bonds is 3. The summed E-state index contributed by atoms with van der Waals surface area (Å²) in [7, 11) is 0. The molecule has 104 valence electrons. The second kappa shape index (κ2) is 5.06. The van der Waals surface area contributed by atoms with Crippen LogP contribution >= 0.6 is 11.3 Å². The van der Waals surface area contributed by atoms with Crippen molar-refractivity contribution < 1.29 is 9.59 Å². The van der Waals surface area contributed by atoms with Crippen molar-refractivity contribution in [1.82, 2.24) is 0 Å². The Hall–Kier alpha value is -1.20. The van der Waals surface area contributed by atoms with Gasteiger partial charge in [0, 0.05) is 18.4 Å². The third-order valence-corrected chi connectivity index (χ3v) is 4.29. The van der Waals surface area contributed by atoms with E-state index in [1.54, 1.807) is 4.90 Å². The molecule has 2 rings (SSSR count). The zero-order chi connectivity index (χ0) is 14.2. The molecule has 0 spiro atoms. The molecule has 0 aliphatic carbocycles. The van der Waals surface area contributed by atoms with Gasteiger partial charge in [-0.3, -0.25) is 9.59 Å². The molecular formula is C14H20N2O2S. The molecule has 1 fully saturated rings. The number of hydrogen-bond acceptors (Lipinski definition) is 4. The summed E-state index contributed by atoms with van der Waals surface area (Å²) in [5, 5.41) is 2.65. The molecule has 1 atom stereocenters. The standard InChI is InChI=1S/C14H20N2O2S/c1-14(2,3)12(18)10-4-5-19-13(10)16-8-9(7-15)6-11(16)17/h4-5,9H,6-8,15H2,1-3H3. The average Bonchev–Trinajstić information content (AvgIpc) is 2.92. The number of Topliss-reactive ketones (excluding diaryl/α,β-unsaturated/α-hetero) is 1. The monoisotopic (exact) mass is 280 g/mol. The topological polar surface area (TPSA) is 63.4 Å². The molecule has 0 radical (unpaired) electrons. The van der Waals surface area contributed by atoms with E-state index < -0.39 is 5.41 Å². The largest absolute Gasteiger partial charge is 0.330 e. The molecule has 1 aliphatic rings. The first-order valence-corrected chi connectivity index (χ1v) is 7.35. The minimum Gasteiger partial charge on any atom is -0.330 e. The highest BCUT2D eigenvalue weighted by Gasteiger charge is 2.34. The lowest BCUT2D eigenvalue weighted by Gasteiger charge is -2.20. The average molecular weight is 280 g/mol. The van der Waals surface area contributed by atoms with Crippen LogP contribution in [0.15, 0.2) is 11.4 Å². The van der Waals surface area contributed by atoms with E-state index in [0.29, 0.717) is 25.1 Å². The van der Waals surface area contributed by atoms with Crippen LogP contribution in [0.1, 0.15) is 37.6 Å². The van der Waals surface area contributed by atoms with Gasteiger partial charge in [0.1, 0.15) is 5.00 Å². The number of nitrogens with two attached hydrogens (primary N) is 1. The second-order valence-corrected chi connectivity index (χ2v) is 6.92. The Kier molecular flexibility index (Phi) is 3.78. The number of carbonyl (C=O) groups is 2. The Morgan fingerprint density at radius 1 is 1.53 bits per heavy atom. The molecule has 1 aliphatic heterocycles. The van der Waals surface area contributed by atoms with Crippen molar-refractivity contribution in [2.75, 3.05) is 18.0 Å². The smallest absolute Gasteiger partial charge is 0.228 e. The van der Waals surface area contributed by atoms with Gasteiger partial charge >= 0.3 is 0 Å². The van der Waals surface area contributed by atoms with E-state index in [0.717, 1.165) is 5.00 Å². The van der Waals surface area contributed by atoms with E-state index in [1.165, 1.54) is 11.3 Å². The number of hydrogen-bond donors (Lipinski definition) is 1. The fraction of sp³-hybridized carbons (Fsp3) is 0.571. The zero-order valence-corrected chi connectivity index (χ0v) is 12.4. The Morgan fingerprint density at radius 2 is 2.21 bits per heavy atom. The van der Waals surface area contributed by atoms with Crippen LogP contribution in [0.3, 0.4) is 0 Å². The van der Waals surface area contributed by atoms with E-state index >= 15 is 0 Å². The van der Waals surface area contributed by atoms with E-state index in [-0.39, 0.29) is 17.6 Å². The van der Waals surface area contributed by atoms with Crippen molar-refractivity contribution >= 4 is 28.0 Å². The number of carbonyl (C=O) groups excluding carboxylic acids is 2. The fourth-order valence-electron chi connectivity index (χ4n) is 2.22. The number of ketones is 1. The molecule has 4 nitrogen and oxygen atoms in total. The van der Waals surface area contributed by atoms with E-state index in [4.69, 9.17) is 5.73 Å². The van der Waals surface area contributed by atoms with Gasteiger partial charge in [0.2, 0.25) is 5.91 Å². The maximum Gasteiger partial charge on any atom is 0.228 e. The molecule has 0 saturated carbocycles. The molecule has 1 unspecified atom stereocenters. The first kappa shape index (κ1) is 14.2. The van der Waals surface area contributed by atoms with Gasteiger partial charge in [-0.05, 0) is 23.9 Å². The van der Waals surface area contributed by atoms with Crippen LogP contribution < -0.4 is 10.6 Å². The number of nitrogens with zero attached hydrogens (tertiary/aromatic N) is 1. The maximum absolute atomic E-state index is 12.4. The number of amides is 1. The number of anilines is 1. The third kappa shape index (κ3) is 2.72. The van der Waals surface area contributed by atoms with Gasteiger partial charge in [0.15, 0.2) is 5.78 Å². The Labute approximate surface area is 117 Å². The molecule has 1 amide bonds. The van der Waals surface area contributed by atoms with Gasteiger partial charge in [0.25, 0.3) is 0 Å². The summed E-state index contributed by atoms with van der Waals surface area (Å²) in [6, 6.07) is 1.82. The van der Waals surface area contributed by atoms with Gasteiger partial charge in [-0.2, -0.15) is 0 Å². The summed E-state index contributed by atoms with van der Waals surface area (Å²) < 4.78 is 0. The maximum atomic E-state index is 12.4. The van der Waals surface area contributed by atoms with Crippen LogP contribution in [0.5, 0.6) is 0 Å². The van der Waals surface area contributed by atoms with Gasteiger partial charge in [-0.25, -0.2) is 0 Å². The predicted octanol–water partition coefficient (Wildman–Crippen LogP) is 2.29. The van der Waals surface area contributed by atoms with Crippen LogP contribution in [0, 0.1) is 11.3 Å². The van der Waals surface area contributed by atoms with Crippen LogP contribution in [0.25, 0.3) is 0 Å². The van der Waals surface area contributed by atoms with Gasteiger partial charge in [0.05, 0.1) is 5.56 Å². The molecular weight excluding hydrogens is 260 g/mol. The minimum atomic E-state index is -0.439. The van der Waals surface area contributed by atoms with Gasteiger partial charge in [-0.15, -0.1) is 11.3 Å². The van der Waals surface area contributed by atoms with Crippen LogP contribution in [0.4, 0.5) is 5.00 Å². The Morgan fingerprint density at radius 3 is 2.74 bits per heavy atom. The third-order valence-electron chi connectivity index (χ3n) is 3.35. The summed E-state index contributed by atoms with van der Waals surface area (Å²) in [6.07, 6.45) is 0.484. The summed E-state index contributed by atoms with van der Waals surface area (Å²) in [5.74, 6) is 0.348. The van der Waals surface area contributed by atoms with Gasteiger partial charge < -0.3 is 10.6 Å². The molecule has 5 heteroatoms. The molecule has 0 bridgehead atoms. The molecule has 2 heterocycles. The summed E-state index contributed by atoms with van der Waals surface area (Å²) >= 11 is 1.45. The van der Waals surface area contributed by atoms with Gasteiger partial charge in [-0.1, -0.05) is 20.8 Å². The lowest BCUT2D eigenvalue weighted by atomic mass is 9.87. The predicted molar refractivity (Wildman–Crippen MR) is 77.6 cm³/mol. The molecule has 1 aromatic rings. The molecule has 1 aromatic heterocycles. The van der Waals surface area contributed by atoms with E-state index in [1.807, 2.05) is 32.2 Å². The molecule has 2 N–H and O–H groups in total. The fourth-order valence-corrected chi connectivity index (χ4v) is 3.15. The van der Waals surface area contributed by atoms with E-state index in [2.05, 4.69) is 0 Å². The highest BCUT2D eigenvalue weighted by molar-refractivity contribution is 7.14. The van der Waals surface area contributed by atoms with Crippen LogP contribution in [-0.4, -0.2) is 24.8 Å². The highest BCUT2D eigenvalue weighted by Crippen LogP contribution is 2.36. The van der Waals surface area contributed by atoms with Crippen molar-refractivity contribution in [2.45, 2.75) is 27.2 Å². The number of thiophene rings is 1. The summed E-state index contributed by atoms with van der Waals surface area (Å²) in [4.78, 5) is 26.2. The van der Waals surface area contributed by atoms with E-state index in [9.17, 15) is 9.59 Å². The highest BCUT2D eigenvalue weighted by atomic mass is 32.1. The van der Waals surface area contributed by atoms with Crippen molar-refractivity contribution in [2.24, 2.45) is 17.1 Å². The Bertz CT molecular complexity index is 502.